The highest BCUT2D eigenvalue weighted by atomic mass is 16.2. The molecule has 0 spiro atoms. The number of nitrogens with two attached hydrogens (primary N) is 1. The van der Waals surface area contributed by atoms with E-state index in [9.17, 15) is 9.59 Å². The number of likely N-dealkylation sites (N-methyl/N-ethyl adjacent to an activating group) is 1. The van der Waals surface area contributed by atoms with Crippen LogP contribution in [-0.2, 0) is 9.59 Å². The summed E-state index contributed by atoms with van der Waals surface area (Å²) in [6.45, 7) is 2.55. The monoisotopic (exact) mass is 282 g/mol. The normalized spacial score (nSPS) is 24.3. The van der Waals surface area contributed by atoms with E-state index in [2.05, 4.69) is 5.32 Å². The van der Waals surface area contributed by atoms with E-state index in [1.165, 1.54) is 0 Å². The molecule has 0 aromatic heterocycles. The molecule has 1 aliphatic carbocycles. The number of hydrogen-bond donors (Lipinski definition) is 2. The van der Waals surface area contributed by atoms with Crippen LogP contribution >= 0.6 is 0 Å². The molecule has 3 N–H and O–H groups in total. The van der Waals surface area contributed by atoms with Gasteiger partial charge in [0.1, 0.15) is 0 Å². The Bertz CT molecular complexity index is 368. The summed E-state index contributed by atoms with van der Waals surface area (Å²) in [5, 5.41) is 3.02. The molecule has 1 saturated carbocycles. The molecule has 114 valence electrons. The zero-order valence-corrected chi connectivity index (χ0v) is 12.5. The van der Waals surface area contributed by atoms with E-state index in [1.54, 1.807) is 4.90 Å². The molecular weight excluding hydrogens is 256 g/mol. The van der Waals surface area contributed by atoms with Crippen LogP contribution in [0.1, 0.15) is 19.3 Å². The van der Waals surface area contributed by atoms with Gasteiger partial charge in [-0.25, -0.2) is 0 Å². The second-order valence-corrected chi connectivity index (χ2v) is 6.23. The van der Waals surface area contributed by atoms with Gasteiger partial charge < -0.3 is 20.9 Å². The van der Waals surface area contributed by atoms with Crippen molar-refractivity contribution in [2.24, 2.45) is 17.6 Å². The Morgan fingerprint density at radius 2 is 2.20 bits per heavy atom. The number of likely N-dealkylation sites (tertiary alicyclic amines) is 1. The maximum absolute atomic E-state index is 12.2. The first-order valence-electron chi connectivity index (χ1n) is 7.44. The van der Waals surface area contributed by atoms with Gasteiger partial charge in [-0.05, 0) is 32.9 Å². The van der Waals surface area contributed by atoms with Crippen molar-refractivity contribution in [1.82, 2.24) is 15.1 Å². The van der Waals surface area contributed by atoms with Crippen LogP contribution in [0.5, 0.6) is 0 Å². The summed E-state index contributed by atoms with van der Waals surface area (Å²) in [6.07, 6.45) is 2.64. The Morgan fingerprint density at radius 3 is 2.75 bits per heavy atom. The number of amides is 2. The van der Waals surface area contributed by atoms with E-state index in [0.29, 0.717) is 32.0 Å². The molecule has 0 aromatic carbocycles. The van der Waals surface area contributed by atoms with Gasteiger partial charge in [0.25, 0.3) is 0 Å². The molecule has 2 amide bonds. The summed E-state index contributed by atoms with van der Waals surface area (Å²) in [4.78, 5) is 28.0. The predicted molar refractivity (Wildman–Crippen MR) is 77.0 cm³/mol. The van der Waals surface area contributed by atoms with Crippen LogP contribution in [0, 0.1) is 11.8 Å². The SMILES string of the molecule is CN(C)CCN1CC(C(=O)NC(CN)C2CC2)CC1=O. The number of hydrogen-bond acceptors (Lipinski definition) is 4. The van der Waals surface area contributed by atoms with Gasteiger partial charge in [0, 0.05) is 38.6 Å². The van der Waals surface area contributed by atoms with Gasteiger partial charge in [0.05, 0.1) is 5.92 Å². The van der Waals surface area contributed by atoms with E-state index >= 15 is 0 Å². The van der Waals surface area contributed by atoms with E-state index < -0.39 is 0 Å². The number of nitrogens with zero attached hydrogens (tertiary/aromatic N) is 2. The van der Waals surface area contributed by atoms with Gasteiger partial charge in [-0.15, -0.1) is 0 Å². The van der Waals surface area contributed by atoms with E-state index in [-0.39, 0.29) is 23.8 Å². The van der Waals surface area contributed by atoms with E-state index in [4.69, 9.17) is 5.73 Å². The smallest absolute Gasteiger partial charge is 0.225 e. The third-order valence-corrected chi connectivity index (χ3v) is 4.18. The molecule has 2 atom stereocenters. The van der Waals surface area contributed by atoms with Crippen LogP contribution in [0.4, 0.5) is 0 Å². The largest absolute Gasteiger partial charge is 0.352 e. The summed E-state index contributed by atoms with van der Waals surface area (Å²) in [6, 6.07) is 0.0911. The predicted octanol–water partition coefficient (Wildman–Crippen LogP) is -0.750. The topological polar surface area (TPSA) is 78.7 Å². The quantitative estimate of drug-likeness (QED) is 0.644. The summed E-state index contributed by atoms with van der Waals surface area (Å²) < 4.78 is 0. The number of rotatable bonds is 7. The van der Waals surface area contributed by atoms with Crippen LogP contribution in [0.3, 0.4) is 0 Å². The molecule has 6 heteroatoms. The standard InChI is InChI=1S/C14H26N4O2/c1-17(2)5-6-18-9-11(7-13(18)19)14(20)16-12(8-15)10-3-4-10/h10-12H,3-9,15H2,1-2H3,(H,16,20). The lowest BCUT2D eigenvalue weighted by atomic mass is 10.1. The highest BCUT2D eigenvalue weighted by molar-refractivity contribution is 5.89. The Kier molecular flexibility index (Phi) is 4.99. The van der Waals surface area contributed by atoms with Crippen molar-refractivity contribution in [2.75, 3.05) is 40.3 Å². The molecule has 1 saturated heterocycles. The van der Waals surface area contributed by atoms with Crippen LogP contribution in [0.25, 0.3) is 0 Å². The zero-order valence-electron chi connectivity index (χ0n) is 12.5. The maximum atomic E-state index is 12.2. The first-order chi connectivity index (χ1) is 9.51. The minimum atomic E-state index is -0.211. The van der Waals surface area contributed by atoms with Crippen molar-refractivity contribution >= 4 is 11.8 Å². The van der Waals surface area contributed by atoms with Gasteiger partial charge >= 0.3 is 0 Å². The van der Waals surface area contributed by atoms with Gasteiger partial charge in [0.2, 0.25) is 11.8 Å². The summed E-state index contributed by atoms with van der Waals surface area (Å²) in [5.41, 5.74) is 5.70. The molecular formula is C14H26N4O2. The highest BCUT2D eigenvalue weighted by Crippen LogP contribution is 2.32. The van der Waals surface area contributed by atoms with Gasteiger partial charge in [0.15, 0.2) is 0 Å². The highest BCUT2D eigenvalue weighted by Gasteiger charge is 2.37. The lowest BCUT2D eigenvalue weighted by Gasteiger charge is -2.20. The third kappa shape index (κ3) is 3.93. The average Bonchev–Trinajstić information content (AvgIpc) is 3.17. The zero-order chi connectivity index (χ0) is 14.7. The lowest BCUT2D eigenvalue weighted by molar-refractivity contribution is -0.129. The fraction of sp³-hybridized carbons (Fsp3) is 0.857. The summed E-state index contributed by atoms with van der Waals surface area (Å²) >= 11 is 0. The Hall–Kier alpha value is -1.14. The summed E-state index contributed by atoms with van der Waals surface area (Å²) in [7, 11) is 3.96. The fourth-order valence-corrected chi connectivity index (χ4v) is 2.65. The number of nitrogens with one attached hydrogen (secondary N) is 1. The molecule has 0 bridgehead atoms. The molecule has 6 nitrogen and oxygen atoms in total. The van der Waals surface area contributed by atoms with Crippen molar-refractivity contribution in [1.29, 1.82) is 0 Å². The van der Waals surface area contributed by atoms with Crippen LogP contribution in [-0.4, -0.2) is 67.9 Å². The maximum Gasteiger partial charge on any atom is 0.225 e. The molecule has 1 aliphatic heterocycles. The Balaban J connectivity index is 1.80. The molecule has 20 heavy (non-hydrogen) atoms. The number of carbonyl (C=O) groups excluding carboxylic acids is 2. The molecule has 2 aliphatic rings. The number of carbonyl (C=O) groups is 2. The fourth-order valence-electron chi connectivity index (χ4n) is 2.65. The Morgan fingerprint density at radius 1 is 1.50 bits per heavy atom. The molecule has 0 radical (unpaired) electrons. The average molecular weight is 282 g/mol. The second-order valence-electron chi connectivity index (χ2n) is 6.23. The van der Waals surface area contributed by atoms with Crippen LogP contribution in [0.2, 0.25) is 0 Å². The van der Waals surface area contributed by atoms with E-state index in [1.807, 2.05) is 19.0 Å². The van der Waals surface area contributed by atoms with Gasteiger partial charge in [-0.2, -0.15) is 0 Å². The van der Waals surface area contributed by atoms with E-state index in [0.717, 1.165) is 19.4 Å². The molecule has 0 aromatic rings. The third-order valence-electron chi connectivity index (χ3n) is 4.18. The second kappa shape index (κ2) is 6.54. The Labute approximate surface area is 120 Å². The van der Waals surface area contributed by atoms with Gasteiger partial charge in [-0.1, -0.05) is 0 Å². The van der Waals surface area contributed by atoms with Crippen molar-refractivity contribution in [3.05, 3.63) is 0 Å². The van der Waals surface area contributed by atoms with Crippen LogP contribution in [0.15, 0.2) is 0 Å². The molecule has 2 rings (SSSR count). The molecule has 1 heterocycles. The van der Waals surface area contributed by atoms with Crippen LogP contribution < -0.4 is 11.1 Å². The molecule has 2 fully saturated rings. The minimum absolute atomic E-state index is 0.00643. The van der Waals surface area contributed by atoms with Crippen molar-refractivity contribution < 1.29 is 9.59 Å². The van der Waals surface area contributed by atoms with Crippen molar-refractivity contribution in [2.45, 2.75) is 25.3 Å². The lowest BCUT2D eigenvalue weighted by Crippen LogP contribution is -2.45. The summed E-state index contributed by atoms with van der Waals surface area (Å²) in [5.74, 6) is 0.416. The van der Waals surface area contributed by atoms with Crippen molar-refractivity contribution in [3.8, 4) is 0 Å². The minimum Gasteiger partial charge on any atom is -0.352 e. The molecule has 2 unspecified atom stereocenters. The first kappa shape index (κ1) is 15.3. The first-order valence-corrected chi connectivity index (χ1v) is 7.44. The van der Waals surface area contributed by atoms with Gasteiger partial charge in [-0.3, -0.25) is 9.59 Å². The van der Waals surface area contributed by atoms with Crippen molar-refractivity contribution in [3.63, 3.8) is 0 Å².